The molecule has 3 aromatic rings. The molecule has 0 saturated carbocycles. The van der Waals surface area contributed by atoms with Crippen molar-refractivity contribution < 1.29 is 13.5 Å². The fourth-order valence-corrected chi connectivity index (χ4v) is 3.02. The molecular formula is C21H21F2N3O2. The van der Waals surface area contributed by atoms with Gasteiger partial charge in [0.25, 0.3) is 5.56 Å². The third-order valence-corrected chi connectivity index (χ3v) is 4.43. The Hall–Kier alpha value is -3.22. The lowest BCUT2D eigenvalue weighted by Gasteiger charge is -2.24. The number of ether oxygens (including phenoxy) is 1. The fourth-order valence-electron chi connectivity index (χ4n) is 3.02. The maximum atomic E-state index is 13.5. The van der Waals surface area contributed by atoms with E-state index in [4.69, 9.17) is 4.74 Å². The summed E-state index contributed by atoms with van der Waals surface area (Å²) in [4.78, 5) is 14.0. The second-order valence-electron chi connectivity index (χ2n) is 6.59. The highest BCUT2D eigenvalue weighted by Crippen LogP contribution is 2.22. The molecule has 0 aliphatic carbocycles. The van der Waals surface area contributed by atoms with Gasteiger partial charge >= 0.3 is 0 Å². The quantitative estimate of drug-likeness (QED) is 0.646. The van der Waals surface area contributed by atoms with Crippen LogP contribution in [0.15, 0.2) is 59.4 Å². The van der Waals surface area contributed by atoms with Crippen LogP contribution in [-0.2, 0) is 0 Å². The van der Waals surface area contributed by atoms with Gasteiger partial charge < -0.3 is 9.64 Å². The van der Waals surface area contributed by atoms with E-state index >= 15 is 0 Å². The van der Waals surface area contributed by atoms with E-state index in [-0.39, 0.29) is 11.6 Å². The van der Waals surface area contributed by atoms with E-state index in [9.17, 15) is 13.6 Å². The first-order valence-electron chi connectivity index (χ1n) is 8.79. The molecule has 3 rings (SSSR count). The molecule has 1 heterocycles. The maximum absolute atomic E-state index is 13.5. The van der Waals surface area contributed by atoms with Crippen LogP contribution in [0.3, 0.4) is 0 Å². The summed E-state index contributed by atoms with van der Waals surface area (Å²) in [6.07, 6.45) is 0. The summed E-state index contributed by atoms with van der Waals surface area (Å²) in [5, 5.41) is 4.47. The maximum Gasteiger partial charge on any atom is 0.267 e. The molecule has 0 saturated heterocycles. The van der Waals surface area contributed by atoms with Crippen molar-refractivity contribution in [1.82, 2.24) is 9.78 Å². The van der Waals surface area contributed by atoms with Crippen LogP contribution in [0.4, 0.5) is 14.5 Å². The second-order valence-corrected chi connectivity index (χ2v) is 6.59. The first-order valence-corrected chi connectivity index (χ1v) is 8.79. The van der Waals surface area contributed by atoms with Crippen LogP contribution >= 0.6 is 0 Å². The Morgan fingerprint density at radius 3 is 2.50 bits per heavy atom. The number of hydrogen-bond donors (Lipinski definition) is 0. The normalized spacial score (nSPS) is 11.9. The fraction of sp³-hybridized carbons (Fsp3) is 0.238. The Morgan fingerprint density at radius 2 is 1.82 bits per heavy atom. The van der Waals surface area contributed by atoms with Crippen LogP contribution in [-0.4, -0.2) is 30.5 Å². The molecule has 1 aromatic heterocycles. The zero-order valence-electron chi connectivity index (χ0n) is 15.9. The van der Waals surface area contributed by atoms with Gasteiger partial charge in [-0.05, 0) is 37.3 Å². The second kappa shape index (κ2) is 8.21. The summed E-state index contributed by atoms with van der Waals surface area (Å²) in [5.74, 6) is -0.604. The van der Waals surface area contributed by atoms with E-state index in [1.165, 1.54) is 22.9 Å². The van der Waals surface area contributed by atoms with Crippen LogP contribution in [0.5, 0.6) is 5.75 Å². The predicted molar refractivity (Wildman–Crippen MR) is 105 cm³/mol. The van der Waals surface area contributed by atoms with Gasteiger partial charge in [-0.2, -0.15) is 5.10 Å². The van der Waals surface area contributed by atoms with Gasteiger partial charge in [-0.3, -0.25) is 4.79 Å². The average molecular weight is 385 g/mol. The van der Waals surface area contributed by atoms with Gasteiger partial charge in [-0.1, -0.05) is 12.1 Å². The smallest absolute Gasteiger partial charge is 0.267 e. The summed E-state index contributed by atoms with van der Waals surface area (Å²) in [6.45, 7) is 2.17. The number of hydrogen-bond acceptors (Lipinski definition) is 4. The summed E-state index contributed by atoms with van der Waals surface area (Å²) >= 11 is 0. The highest BCUT2D eigenvalue weighted by Gasteiger charge is 2.14. The van der Waals surface area contributed by atoms with Crippen molar-refractivity contribution in [2.75, 3.05) is 25.6 Å². The third-order valence-electron chi connectivity index (χ3n) is 4.43. The van der Waals surface area contributed by atoms with Crippen molar-refractivity contribution in [3.8, 4) is 17.0 Å². The number of rotatable bonds is 6. The monoisotopic (exact) mass is 385 g/mol. The lowest BCUT2D eigenvalue weighted by Crippen LogP contribution is -2.33. The predicted octanol–water partition coefficient (Wildman–Crippen LogP) is 3.89. The van der Waals surface area contributed by atoms with Crippen LogP contribution in [0, 0.1) is 11.6 Å². The summed E-state index contributed by atoms with van der Waals surface area (Å²) in [6, 6.07) is 13.5. The molecule has 0 spiro atoms. The van der Waals surface area contributed by atoms with Crippen LogP contribution < -0.4 is 15.2 Å². The largest absolute Gasteiger partial charge is 0.497 e. The Balaban J connectivity index is 1.86. The molecule has 0 bridgehead atoms. The lowest BCUT2D eigenvalue weighted by atomic mass is 10.1. The van der Waals surface area contributed by atoms with E-state index in [2.05, 4.69) is 5.10 Å². The Morgan fingerprint density at radius 1 is 1.11 bits per heavy atom. The van der Waals surface area contributed by atoms with Gasteiger partial charge in [0.05, 0.1) is 18.8 Å². The highest BCUT2D eigenvalue weighted by atomic mass is 19.1. The molecule has 0 amide bonds. The zero-order chi connectivity index (χ0) is 20.3. The topological polar surface area (TPSA) is 47.4 Å². The van der Waals surface area contributed by atoms with Crippen LogP contribution in [0.2, 0.25) is 0 Å². The third kappa shape index (κ3) is 4.36. The van der Waals surface area contributed by atoms with Gasteiger partial charge in [0.2, 0.25) is 0 Å². The molecule has 2 aromatic carbocycles. The minimum atomic E-state index is -0.648. The first-order chi connectivity index (χ1) is 13.4. The molecule has 1 atom stereocenters. The van der Waals surface area contributed by atoms with Crippen molar-refractivity contribution in [3.63, 3.8) is 0 Å². The Kier molecular flexibility index (Phi) is 5.73. The van der Waals surface area contributed by atoms with Crippen LogP contribution in [0.1, 0.15) is 13.0 Å². The number of methoxy groups -OCH3 is 1. The standard InChI is InChI=1S/C21H21F2N3O2/c1-14(13-25(2)18-11-16(22)10-17(23)12-18)26-21(27)8-7-20(24-26)15-5-4-6-19(9-15)28-3/h4-12,14H,13H2,1-3H3. The molecule has 0 N–H and O–H groups in total. The minimum absolute atomic E-state index is 0.252. The molecule has 7 heteroatoms. The molecule has 0 fully saturated rings. The molecular weight excluding hydrogens is 364 g/mol. The van der Waals surface area contributed by atoms with E-state index in [0.29, 0.717) is 23.7 Å². The Labute approximate surface area is 161 Å². The number of halogens is 2. The summed E-state index contributed by atoms with van der Waals surface area (Å²) in [7, 11) is 3.29. The molecule has 5 nitrogen and oxygen atoms in total. The van der Waals surface area contributed by atoms with Gasteiger partial charge in [0.1, 0.15) is 17.4 Å². The summed E-state index contributed by atoms with van der Waals surface area (Å²) < 4.78 is 33.6. The van der Waals surface area contributed by atoms with Gasteiger partial charge in [0, 0.05) is 37.0 Å². The molecule has 146 valence electrons. The molecule has 28 heavy (non-hydrogen) atoms. The minimum Gasteiger partial charge on any atom is -0.497 e. The Bertz CT molecular complexity index is 1020. The molecule has 0 aliphatic rings. The van der Waals surface area contributed by atoms with Gasteiger partial charge in [-0.25, -0.2) is 13.5 Å². The number of anilines is 1. The zero-order valence-corrected chi connectivity index (χ0v) is 15.9. The average Bonchev–Trinajstić information content (AvgIpc) is 2.67. The van der Waals surface area contributed by atoms with E-state index < -0.39 is 11.6 Å². The van der Waals surface area contributed by atoms with Crippen molar-refractivity contribution in [1.29, 1.82) is 0 Å². The summed E-state index contributed by atoms with van der Waals surface area (Å²) in [5.41, 5.74) is 1.59. The first kappa shape index (κ1) is 19.5. The molecule has 0 radical (unpaired) electrons. The molecule has 0 aliphatic heterocycles. The van der Waals surface area contributed by atoms with E-state index in [1.54, 1.807) is 25.1 Å². The number of likely N-dealkylation sites (N-methyl/N-ethyl adjacent to an activating group) is 1. The van der Waals surface area contributed by atoms with Crippen molar-refractivity contribution >= 4 is 5.69 Å². The number of benzene rings is 2. The SMILES string of the molecule is COc1cccc(-c2ccc(=O)n(C(C)CN(C)c3cc(F)cc(F)c3)n2)c1. The van der Waals surface area contributed by atoms with Crippen molar-refractivity contribution in [3.05, 3.63) is 76.6 Å². The van der Waals surface area contributed by atoms with E-state index in [1.807, 2.05) is 31.2 Å². The highest BCUT2D eigenvalue weighted by molar-refractivity contribution is 5.60. The number of aromatic nitrogens is 2. The molecule has 1 unspecified atom stereocenters. The lowest BCUT2D eigenvalue weighted by molar-refractivity contribution is 0.415. The van der Waals surface area contributed by atoms with Crippen LogP contribution in [0.25, 0.3) is 11.3 Å². The van der Waals surface area contributed by atoms with Crippen molar-refractivity contribution in [2.24, 2.45) is 0 Å². The van der Waals surface area contributed by atoms with Gasteiger partial charge in [0.15, 0.2) is 0 Å². The van der Waals surface area contributed by atoms with E-state index in [0.717, 1.165) is 11.6 Å². The number of nitrogens with zero attached hydrogens (tertiary/aromatic N) is 3. The van der Waals surface area contributed by atoms with Crippen molar-refractivity contribution in [2.45, 2.75) is 13.0 Å². The van der Waals surface area contributed by atoms with Gasteiger partial charge in [-0.15, -0.1) is 0 Å².